The van der Waals surface area contributed by atoms with E-state index in [0.29, 0.717) is 0 Å². The van der Waals surface area contributed by atoms with E-state index in [1.54, 1.807) is 7.05 Å². The van der Waals surface area contributed by atoms with Crippen molar-refractivity contribution in [3.63, 3.8) is 0 Å². The first-order chi connectivity index (χ1) is 7.11. The van der Waals surface area contributed by atoms with Crippen LogP contribution in [0.15, 0.2) is 12.1 Å². The molecule has 5 nitrogen and oxygen atoms in total. The van der Waals surface area contributed by atoms with Crippen LogP contribution in [0.2, 0.25) is 0 Å². The van der Waals surface area contributed by atoms with E-state index in [-0.39, 0.29) is 23.5 Å². The lowest BCUT2D eigenvalue weighted by atomic mass is 10.1. The number of hydrogen-bond acceptors (Lipinski definition) is 4. The molecule has 15 heavy (non-hydrogen) atoms. The summed E-state index contributed by atoms with van der Waals surface area (Å²) < 4.78 is 18.1. The lowest BCUT2D eigenvalue weighted by Crippen LogP contribution is -2.10. The molecule has 82 valence electrons. The Morgan fingerprint density at radius 2 is 2.27 bits per heavy atom. The standard InChI is InChI=1S/C9H11FN2O3/c1-11-5-6-7(10)3-4-8(15-2)9(6)12(13)14/h3-4,11H,5H2,1-2H3. The van der Waals surface area contributed by atoms with E-state index in [4.69, 9.17) is 4.74 Å². The van der Waals surface area contributed by atoms with Crippen molar-refractivity contribution in [3.05, 3.63) is 33.6 Å². The van der Waals surface area contributed by atoms with Crippen molar-refractivity contribution in [1.82, 2.24) is 5.32 Å². The molecule has 0 fully saturated rings. The van der Waals surface area contributed by atoms with Gasteiger partial charge in [-0.25, -0.2) is 4.39 Å². The van der Waals surface area contributed by atoms with Gasteiger partial charge in [-0.3, -0.25) is 10.1 Å². The molecule has 0 aliphatic rings. The second-order valence-corrected chi connectivity index (χ2v) is 2.86. The van der Waals surface area contributed by atoms with Gasteiger partial charge >= 0.3 is 5.69 Å². The molecule has 1 aromatic carbocycles. The Hall–Kier alpha value is -1.69. The topological polar surface area (TPSA) is 64.4 Å². The molecule has 0 saturated heterocycles. The van der Waals surface area contributed by atoms with E-state index in [2.05, 4.69) is 5.32 Å². The van der Waals surface area contributed by atoms with E-state index < -0.39 is 10.7 Å². The van der Waals surface area contributed by atoms with Gasteiger partial charge in [-0.2, -0.15) is 0 Å². The van der Waals surface area contributed by atoms with Crippen molar-refractivity contribution in [2.75, 3.05) is 14.2 Å². The fraction of sp³-hybridized carbons (Fsp3) is 0.333. The van der Waals surface area contributed by atoms with E-state index in [1.165, 1.54) is 13.2 Å². The van der Waals surface area contributed by atoms with Crippen LogP contribution in [0.1, 0.15) is 5.56 Å². The third kappa shape index (κ3) is 2.21. The highest BCUT2D eigenvalue weighted by Gasteiger charge is 2.23. The summed E-state index contributed by atoms with van der Waals surface area (Å²) in [5, 5.41) is 13.4. The van der Waals surface area contributed by atoms with E-state index in [9.17, 15) is 14.5 Å². The van der Waals surface area contributed by atoms with Crippen molar-refractivity contribution in [2.24, 2.45) is 0 Å². The molecule has 0 aliphatic heterocycles. The summed E-state index contributed by atoms with van der Waals surface area (Å²) >= 11 is 0. The third-order valence-corrected chi connectivity index (χ3v) is 1.94. The van der Waals surface area contributed by atoms with Crippen LogP contribution in [0.5, 0.6) is 5.75 Å². The summed E-state index contributed by atoms with van der Waals surface area (Å²) in [6, 6.07) is 2.39. The first kappa shape index (κ1) is 11.4. The smallest absolute Gasteiger partial charge is 0.318 e. The highest BCUT2D eigenvalue weighted by Crippen LogP contribution is 2.32. The molecule has 1 N–H and O–H groups in total. The predicted molar refractivity (Wildman–Crippen MR) is 52.4 cm³/mol. The molecule has 0 amide bonds. The number of nitrogens with one attached hydrogen (secondary N) is 1. The lowest BCUT2D eigenvalue weighted by Gasteiger charge is -2.07. The number of methoxy groups -OCH3 is 1. The minimum atomic E-state index is -0.644. The molecule has 0 spiro atoms. The average molecular weight is 214 g/mol. The maximum Gasteiger partial charge on any atom is 0.318 e. The number of ether oxygens (including phenoxy) is 1. The minimum absolute atomic E-state index is 0.00171. The fourth-order valence-electron chi connectivity index (χ4n) is 1.30. The van der Waals surface area contributed by atoms with Crippen molar-refractivity contribution < 1.29 is 14.1 Å². The van der Waals surface area contributed by atoms with Crippen LogP contribution in [-0.4, -0.2) is 19.1 Å². The minimum Gasteiger partial charge on any atom is -0.490 e. The average Bonchev–Trinajstić information content (AvgIpc) is 2.20. The van der Waals surface area contributed by atoms with Gasteiger partial charge in [0, 0.05) is 6.54 Å². The SMILES string of the molecule is CNCc1c(F)ccc(OC)c1[N+](=O)[O-]. The van der Waals surface area contributed by atoms with E-state index in [1.807, 2.05) is 0 Å². The van der Waals surface area contributed by atoms with Gasteiger partial charge in [-0.1, -0.05) is 0 Å². The van der Waals surface area contributed by atoms with Crippen LogP contribution < -0.4 is 10.1 Å². The maximum absolute atomic E-state index is 13.3. The summed E-state index contributed by atoms with van der Waals surface area (Å²) in [6.45, 7) is 0.0827. The second-order valence-electron chi connectivity index (χ2n) is 2.86. The molecule has 0 atom stereocenters. The van der Waals surface area contributed by atoms with Crippen molar-refractivity contribution in [3.8, 4) is 5.75 Å². The largest absolute Gasteiger partial charge is 0.490 e. The molecule has 0 saturated carbocycles. The monoisotopic (exact) mass is 214 g/mol. The van der Waals surface area contributed by atoms with Gasteiger partial charge in [0.05, 0.1) is 17.6 Å². The normalized spacial score (nSPS) is 10.1. The van der Waals surface area contributed by atoms with Gasteiger partial charge in [0.1, 0.15) is 5.82 Å². The highest BCUT2D eigenvalue weighted by molar-refractivity contribution is 5.53. The molecule has 0 heterocycles. The van der Waals surface area contributed by atoms with E-state index >= 15 is 0 Å². The number of nitro groups is 1. The highest BCUT2D eigenvalue weighted by atomic mass is 19.1. The number of benzene rings is 1. The van der Waals surface area contributed by atoms with Crippen LogP contribution >= 0.6 is 0 Å². The zero-order chi connectivity index (χ0) is 11.4. The molecule has 1 rings (SSSR count). The van der Waals surface area contributed by atoms with Crippen molar-refractivity contribution >= 4 is 5.69 Å². The van der Waals surface area contributed by atoms with Crippen LogP contribution in [-0.2, 0) is 6.54 Å². The number of rotatable bonds is 4. The van der Waals surface area contributed by atoms with Gasteiger partial charge < -0.3 is 10.1 Å². The van der Waals surface area contributed by atoms with Gasteiger partial charge in [-0.15, -0.1) is 0 Å². The molecule has 0 unspecified atom stereocenters. The van der Waals surface area contributed by atoms with Crippen molar-refractivity contribution in [1.29, 1.82) is 0 Å². The van der Waals surface area contributed by atoms with Crippen LogP contribution in [0.25, 0.3) is 0 Å². The van der Waals surface area contributed by atoms with Crippen LogP contribution in [0, 0.1) is 15.9 Å². The Morgan fingerprint density at radius 1 is 1.60 bits per heavy atom. The zero-order valence-electron chi connectivity index (χ0n) is 8.41. The van der Waals surface area contributed by atoms with Crippen LogP contribution in [0.4, 0.5) is 10.1 Å². The Morgan fingerprint density at radius 3 is 2.73 bits per heavy atom. The summed E-state index contributed by atoms with van der Waals surface area (Å²) in [7, 11) is 2.89. The molecule has 0 aromatic heterocycles. The zero-order valence-corrected chi connectivity index (χ0v) is 8.41. The van der Waals surface area contributed by atoms with E-state index in [0.717, 1.165) is 6.07 Å². The summed E-state index contributed by atoms with van der Waals surface area (Å²) in [4.78, 5) is 10.1. The molecular weight excluding hydrogens is 203 g/mol. The quantitative estimate of drug-likeness (QED) is 0.608. The van der Waals surface area contributed by atoms with Crippen molar-refractivity contribution in [2.45, 2.75) is 6.54 Å². The summed E-state index contributed by atoms with van der Waals surface area (Å²) in [5.41, 5.74) is -0.325. The predicted octanol–water partition coefficient (Wildman–Crippen LogP) is 1.46. The molecule has 0 bridgehead atoms. The number of halogens is 1. The number of nitro benzene ring substituents is 1. The summed E-state index contributed by atoms with van der Waals surface area (Å²) in [5.74, 6) is -0.552. The second kappa shape index (κ2) is 4.70. The molecule has 0 radical (unpaired) electrons. The lowest BCUT2D eigenvalue weighted by molar-refractivity contribution is -0.386. The molecule has 6 heteroatoms. The van der Waals surface area contributed by atoms with Gasteiger partial charge in [-0.05, 0) is 19.2 Å². The Kier molecular flexibility index (Phi) is 3.56. The molecule has 0 aliphatic carbocycles. The number of nitrogens with zero attached hydrogens (tertiary/aromatic N) is 1. The third-order valence-electron chi connectivity index (χ3n) is 1.94. The van der Waals surface area contributed by atoms with Gasteiger partial charge in [0.2, 0.25) is 0 Å². The number of hydrogen-bond donors (Lipinski definition) is 1. The maximum atomic E-state index is 13.3. The van der Waals surface area contributed by atoms with Crippen LogP contribution in [0.3, 0.4) is 0 Å². The summed E-state index contributed by atoms with van der Waals surface area (Å²) in [6.07, 6.45) is 0. The fourth-order valence-corrected chi connectivity index (χ4v) is 1.30. The Bertz CT molecular complexity index is 382. The Labute approximate surface area is 86.0 Å². The first-order valence-electron chi connectivity index (χ1n) is 4.26. The van der Waals surface area contributed by atoms with Gasteiger partial charge in [0.15, 0.2) is 5.75 Å². The Balaban J connectivity index is 3.36. The van der Waals surface area contributed by atoms with Gasteiger partial charge in [0.25, 0.3) is 0 Å². The first-order valence-corrected chi connectivity index (χ1v) is 4.26. The molecular formula is C9H11FN2O3. The molecule has 1 aromatic rings.